The van der Waals surface area contributed by atoms with Crippen LogP contribution in [0.1, 0.15) is 162 Å². The Morgan fingerprint density at radius 1 is 0.472 bits per heavy atom. The van der Waals surface area contributed by atoms with Gasteiger partial charge in [-0.2, -0.15) is 0 Å². The first-order valence-corrected chi connectivity index (χ1v) is 21.2. The molecule has 0 saturated heterocycles. The number of carbonyl (C=O) groups is 1. The highest BCUT2D eigenvalue weighted by molar-refractivity contribution is 5.76. The summed E-state index contributed by atoms with van der Waals surface area (Å²) in [4.78, 5) is 12.4. The van der Waals surface area contributed by atoms with Crippen molar-refractivity contribution in [2.45, 2.75) is 174 Å². The molecule has 0 bridgehead atoms. The molecule has 0 rings (SSSR count). The Balaban J connectivity index is 3.71. The molecular formula is C49H79NO3. The molecule has 0 saturated carbocycles. The summed E-state index contributed by atoms with van der Waals surface area (Å²) in [6.45, 7) is 4.10. The van der Waals surface area contributed by atoms with Gasteiger partial charge in [0.25, 0.3) is 0 Å². The van der Waals surface area contributed by atoms with Crippen molar-refractivity contribution in [2.75, 3.05) is 6.61 Å². The topological polar surface area (TPSA) is 69.6 Å². The van der Waals surface area contributed by atoms with E-state index in [1.165, 1.54) is 44.9 Å². The third-order valence-corrected chi connectivity index (χ3v) is 8.66. The number of hydrogen-bond acceptors (Lipinski definition) is 3. The summed E-state index contributed by atoms with van der Waals surface area (Å²) in [5.41, 5.74) is 0. The van der Waals surface area contributed by atoms with Crippen molar-refractivity contribution < 1.29 is 15.0 Å². The minimum Gasteiger partial charge on any atom is -0.394 e. The highest BCUT2D eigenvalue weighted by Crippen LogP contribution is 2.11. The summed E-state index contributed by atoms with van der Waals surface area (Å²) in [6.07, 6.45) is 67.3. The minimum absolute atomic E-state index is 0.0982. The monoisotopic (exact) mass is 730 g/mol. The Hall–Kier alpha value is -3.21. The number of rotatable bonds is 36. The van der Waals surface area contributed by atoms with E-state index in [9.17, 15) is 15.0 Å². The van der Waals surface area contributed by atoms with E-state index in [1.54, 1.807) is 6.08 Å². The second-order valence-corrected chi connectivity index (χ2v) is 13.7. The van der Waals surface area contributed by atoms with Gasteiger partial charge >= 0.3 is 0 Å². The normalized spacial score (nSPS) is 14.3. The average Bonchev–Trinajstić information content (AvgIpc) is 3.16. The lowest BCUT2D eigenvalue weighted by Gasteiger charge is -2.19. The lowest BCUT2D eigenvalue weighted by Crippen LogP contribution is -2.45. The molecule has 0 fully saturated rings. The van der Waals surface area contributed by atoms with E-state index in [-0.39, 0.29) is 12.5 Å². The first kappa shape index (κ1) is 49.8. The molecule has 0 aliphatic rings. The second-order valence-electron chi connectivity index (χ2n) is 13.7. The van der Waals surface area contributed by atoms with Gasteiger partial charge < -0.3 is 15.5 Å². The van der Waals surface area contributed by atoms with Crippen molar-refractivity contribution in [3.8, 4) is 0 Å². The molecule has 0 aromatic carbocycles. The van der Waals surface area contributed by atoms with Gasteiger partial charge in [-0.1, -0.05) is 180 Å². The molecular weight excluding hydrogens is 651 g/mol. The van der Waals surface area contributed by atoms with E-state index < -0.39 is 12.1 Å². The Labute approximate surface area is 327 Å². The van der Waals surface area contributed by atoms with Crippen molar-refractivity contribution in [1.82, 2.24) is 5.32 Å². The molecule has 2 unspecified atom stereocenters. The van der Waals surface area contributed by atoms with Gasteiger partial charge in [0.2, 0.25) is 5.91 Å². The fourth-order valence-electron chi connectivity index (χ4n) is 5.41. The molecule has 298 valence electrons. The summed E-state index contributed by atoms with van der Waals surface area (Å²) in [7, 11) is 0. The molecule has 0 aliphatic carbocycles. The van der Waals surface area contributed by atoms with E-state index in [0.29, 0.717) is 6.42 Å². The quantitative estimate of drug-likeness (QED) is 0.0444. The van der Waals surface area contributed by atoms with Gasteiger partial charge in [-0.05, 0) is 96.3 Å². The number of amides is 1. The molecule has 53 heavy (non-hydrogen) atoms. The Kier molecular flexibility index (Phi) is 40.6. The van der Waals surface area contributed by atoms with Gasteiger partial charge in [0.1, 0.15) is 0 Å². The number of unbranched alkanes of at least 4 members (excludes halogenated alkanes) is 11. The molecule has 3 N–H and O–H groups in total. The average molecular weight is 730 g/mol. The summed E-state index contributed by atoms with van der Waals surface area (Å²) < 4.78 is 0. The van der Waals surface area contributed by atoms with Crippen LogP contribution >= 0.6 is 0 Å². The third-order valence-electron chi connectivity index (χ3n) is 8.66. The minimum atomic E-state index is -0.882. The van der Waals surface area contributed by atoms with Crippen LogP contribution in [-0.4, -0.2) is 34.9 Å². The van der Waals surface area contributed by atoms with E-state index in [0.717, 1.165) is 96.3 Å². The number of hydrogen-bond donors (Lipinski definition) is 3. The molecule has 2 atom stereocenters. The number of aliphatic hydroxyl groups is 2. The van der Waals surface area contributed by atoms with Crippen LogP contribution in [0.25, 0.3) is 0 Å². The van der Waals surface area contributed by atoms with Gasteiger partial charge in [0.15, 0.2) is 0 Å². The standard InChI is InChI=1S/C49H79NO3/c1-3-5-7-9-11-13-15-17-18-19-20-21-22-23-24-25-26-27-28-29-30-31-32-33-35-37-39-41-43-45-49(53)50-47(46-51)48(52)44-42-40-38-36-34-16-14-12-10-8-6-4-2/h5,7,10-13,17-18,20-21,23-24,26-27,29-30,34,36,42,44,47-48,51-52H,3-4,6,8-9,14-16,19,22,25,28,31-33,35,37-41,43,45-46H2,1-2H3,(H,50,53)/b7-5-,12-10+,13-11-,18-17-,21-20-,24-23-,27-26-,30-29-,36-34+,44-42+. The zero-order chi connectivity index (χ0) is 38.6. The smallest absolute Gasteiger partial charge is 0.220 e. The van der Waals surface area contributed by atoms with E-state index in [2.05, 4.69) is 129 Å². The first-order chi connectivity index (χ1) is 26.2. The van der Waals surface area contributed by atoms with Crippen LogP contribution in [0.5, 0.6) is 0 Å². The van der Waals surface area contributed by atoms with Crippen molar-refractivity contribution in [3.63, 3.8) is 0 Å². The fourth-order valence-corrected chi connectivity index (χ4v) is 5.41. The summed E-state index contributed by atoms with van der Waals surface area (Å²) in [5.74, 6) is -0.0982. The highest BCUT2D eigenvalue weighted by atomic mass is 16.3. The van der Waals surface area contributed by atoms with Crippen molar-refractivity contribution in [3.05, 3.63) is 122 Å². The number of aliphatic hydroxyl groups excluding tert-OH is 2. The summed E-state index contributed by atoms with van der Waals surface area (Å²) in [5, 5.41) is 22.9. The zero-order valence-corrected chi connectivity index (χ0v) is 34.0. The number of nitrogens with one attached hydrogen (secondary N) is 1. The Morgan fingerprint density at radius 2 is 0.849 bits per heavy atom. The molecule has 4 nitrogen and oxygen atoms in total. The summed E-state index contributed by atoms with van der Waals surface area (Å²) >= 11 is 0. The van der Waals surface area contributed by atoms with Crippen LogP contribution in [0.4, 0.5) is 0 Å². The predicted molar refractivity (Wildman–Crippen MR) is 234 cm³/mol. The highest BCUT2D eigenvalue weighted by Gasteiger charge is 2.17. The van der Waals surface area contributed by atoms with Gasteiger partial charge in [-0.25, -0.2) is 0 Å². The maximum Gasteiger partial charge on any atom is 0.220 e. The summed E-state index contributed by atoms with van der Waals surface area (Å²) in [6, 6.07) is -0.659. The van der Waals surface area contributed by atoms with Crippen LogP contribution in [0.3, 0.4) is 0 Å². The lowest BCUT2D eigenvalue weighted by atomic mass is 10.1. The maximum atomic E-state index is 12.4. The molecule has 0 heterocycles. The zero-order valence-electron chi connectivity index (χ0n) is 34.0. The second kappa shape index (κ2) is 43.2. The van der Waals surface area contributed by atoms with Crippen LogP contribution in [0.15, 0.2) is 122 Å². The molecule has 0 spiro atoms. The number of allylic oxidation sites excluding steroid dienone is 19. The van der Waals surface area contributed by atoms with Crippen LogP contribution in [0.2, 0.25) is 0 Å². The van der Waals surface area contributed by atoms with Gasteiger partial charge in [-0.15, -0.1) is 0 Å². The third kappa shape index (κ3) is 39.8. The van der Waals surface area contributed by atoms with Crippen LogP contribution < -0.4 is 5.32 Å². The predicted octanol–water partition coefficient (Wildman–Crippen LogP) is 13.4. The molecule has 0 aromatic rings. The van der Waals surface area contributed by atoms with E-state index in [4.69, 9.17) is 0 Å². The van der Waals surface area contributed by atoms with Crippen molar-refractivity contribution in [2.24, 2.45) is 0 Å². The lowest BCUT2D eigenvalue weighted by molar-refractivity contribution is -0.123. The fraction of sp³-hybridized carbons (Fsp3) is 0.571. The SMILES string of the molecule is CC/C=C\C/C=C\C/C=C\C/C=C\C/C=C\C/C=C\C/C=C\CCCCCCCCCC(=O)NC(CO)C(O)/C=C/CC/C=C/CC/C=C/CCCC. The van der Waals surface area contributed by atoms with Crippen LogP contribution in [-0.2, 0) is 4.79 Å². The molecule has 0 aromatic heterocycles. The molecule has 4 heteroatoms. The van der Waals surface area contributed by atoms with Gasteiger partial charge in [0.05, 0.1) is 18.8 Å². The van der Waals surface area contributed by atoms with Crippen molar-refractivity contribution in [1.29, 1.82) is 0 Å². The maximum absolute atomic E-state index is 12.4. The molecule has 0 radical (unpaired) electrons. The van der Waals surface area contributed by atoms with E-state index in [1.807, 2.05) is 6.08 Å². The van der Waals surface area contributed by atoms with Gasteiger partial charge in [0, 0.05) is 6.42 Å². The van der Waals surface area contributed by atoms with Crippen molar-refractivity contribution >= 4 is 5.91 Å². The van der Waals surface area contributed by atoms with Crippen LogP contribution in [0, 0.1) is 0 Å². The van der Waals surface area contributed by atoms with Gasteiger partial charge in [-0.3, -0.25) is 4.79 Å². The first-order valence-electron chi connectivity index (χ1n) is 21.2. The molecule has 1 amide bonds. The largest absolute Gasteiger partial charge is 0.394 e. The Morgan fingerprint density at radius 3 is 1.32 bits per heavy atom. The number of carbonyl (C=O) groups excluding carboxylic acids is 1. The Bertz CT molecular complexity index is 1100. The molecule has 0 aliphatic heterocycles. The van der Waals surface area contributed by atoms with E-state index >= 15 is 0 Å².